The van der Waals surface area contributed by atoms with E-state index in [0.717, 1.165) is 33.4 Å². The molecule has 34 heavy (non-hydrogen) atoms. The Balaban J connectivity index is 1.64. The van der Waals surface area contributed by atoms with Gasteiger partial charge in [-0.15, -0.1) is 0 Å². The molecule has 162 valence electrons. The van der Waals surface area contributed by atoms with Gasteiger partial charge in [-0.25, -0.2) is 0 Å². The van der Waals surface area contributed by atoms with Crippen LogP contribution in [0.3, 0.4) is 0 Å². The predicted molar refractivity (Wildman–Crippen MR) is 143 cm³/mol. The summed E-state index contributed by atoms with van der Waals surface area (Å²) in [7, 11) is 0. The van der Waals surface area contributed by atoms with Crippen LogP contribution in [0.2, 0.25) is 0 Å². The SMILES string of the molecule is Cc1cccc(-c2ccccc2)c1-c1oc(-c2ccccc2-c2ccccc2)c2ccccc12. The number of fused-ring (bicyclic) bond motifs is 1. The normalized spacial score (nSPS) is 11.1. The van der Waals surface area contributed by atoms with E-state index in [1.807, 2.05) is 0 Å². The Morgan fingerprint density at radius 3 is 1.59 bits per heavy atom. The Kier molecular flexibility index (Phi) is 5.08. The standard InChI is InChI=1S/C33H24O/c1-23-13-12-22-27(25-16-6-3-7-17-25)31(23)33-30-21-11-10-20-29(30)32(34-33)28-19-9-8-18-26(28)24-14-4-2-5-15-24/h2-22H,1H3. The summed E-state index contributed by atoms with van der Waals surface area (Å²) in [6.07, 6.45) is 0. The highest BCUT2D eigenvalue weighted by Gasteiger charge is 2.21. The average molecular weight is 437 g/mol. The molecule has 0 amide bonds. The molecule has 1 aromatic heterocycles. The van der Waals surface area contributed by atoms with Crippen molar-refractivity contribution in [3.8, 4) is 44.9 Å². The maximum atomic E-state index is 6.84. The van der Waals surface area contributed by atoms with Crippen molar-refractivity contribution >= 4 is 10.8 Å². The van der Waals surface area contributed by atoms with Crippen LogP contribution in [-0.4, -0.2) is 0 Å². The number of furan rings is 1. The number of aryl methyl sites for hydroxylation is 1. The Morgan fingerprint density at radius 1 is 0.412 bits per heavy atom. The lowest BCUT2D eigenvalue weighted by atomic mass is 9.92. The highest BCUT2D eigenvalue weighted by molar-refractivity contribution is 6.06. The third kappa shape index (κ3) is 3.43. The summed E-state index contributed by atoms with van der Waals surface area (Å²) in [6, 6.07) is 44.6. The van der Waals surface area contributed by atoms with Crippen LogP contribution in [0.4, 0.5) is 0 Å². The monoisotopic (exact) mass is 436 g/mol. The van der Waals surface area contributed by atoms with Crippen LogP contribution in [0, 0.1) is 6.92 Å². The first kappa shape index (κ1) is 20.3. The summed E-state index contributed by atoms with van der Waals surface area (Å²) in [4.78, 5) is 0. The molecule has 0 fully saturated rings. The van der Waals surface area contributed by atoms with Crippen LogP contribution in [0.1, 0.15) is 5.56 Å². The van der Waals surface area contributed by atoms with Gasteiger partial charge in [0.15, 0.2) is 0 Å². The highest BCUT2D eigenvalue weighted by atomic mass is 16.3. The third-order valence-corrected chi connectivity index (χ3v) is 6.46. The Bertz CT molecular complexity index is 1590. The van der Waals surface area contributed by atoms with E-state index in [2.05, 4.69) is 134 Å². The van der Waals surface area contributed by atoms with Crippen molar-refractivity contribution in [3.05, 3.63) is 133 Å². The number of hydrogen-bond acceptors (Lipinski definition) is 1. The van der Waals surface area contributed by atoms with Gasteiger partial charge in [0.05, 0.1) is 0 Å². The van der Waals surface area contributed by atoms with Gasteiger partial charge in [0.2, 0.25) is 0 Å². The number of hydrogen-bond donors (Lipinski definition) is 0. The number of benzene rings is 5. The van der Waals surface area contributed by atoms with Gasteiger partial charge < -0.3 is 4.42 Å². The van der Waals surface area contributed by atoms with Crippen LogP contribution in [0.25, 0.3) is 55.7 Å². The first-order valence-electron chi connectivity index (χ1n) is 11.6. The van der Waals surface area contributed by atoms with Crippen molar-refractivity contribution in [2.24, 2.45) is 0 Å². The maximum Gasteiger partial charge on any atom is 0.143 e. The molecule has 0 saturated heterocycles. The van der Waals surface area contributed by atoms with Gasteiger partial charge in [0.25, 0.3) is 0 Å². The lowest BCUT2D eigenvalue weighted by molar-refractivity contribution is 0.602. The molecule has 1 heteroatoms. The molecule has 1 nitrogen and oxygen atoms in total. The summed E-state index contributed by atoms with van der Waals surface area (Å²) in [5.41, 5.74) is 8.17. The van der Waals surface area contributed by atoms with Gasteiger partial charge in [0, 0.05) is 21.9 Å². The van der Waals surface area contributed by atoms with Crippen molar-refractivity contribution in [1.82, 2.24) is 0 Å². The Labute approximate surface area is 200 Å². The molecule has 0 spiro atoms. The molecular formula is C33H24O. The van der Waals surface area contributed by atoms with Crippen molar-refractivity contribution in [2.75, 3.05) is 0 Å². The summed E-state index contributed by atoms with van der Waals surface area (Å²) >= 11 is 0. The van der Waals surface area contributed by atoms with E-state index in [0.29, 0.717) is 0 Å². The molecule has 0 saturated carbocycles. The van der Waals surface area contributed by atoms with Gasteiger partial charge in [0.1, 0.15) is 11.5 Å². The maximum absolute atomic E-state index is 6.84. The van der Waals surface area contributed by atoms with Crippen LogP contribution >= 0.6 is 0 Å². The summed E-state index contributed by atoms with van der Waals surface area (Å²) < 4.78 is 6.84. The van der Waals surface area contributed by atoms with Crippen molar-refractivity contribution in [3.63, 3.8) is 0 Å². The molecule has 0 radical (unpaired) electrons. The van der Waals surface area contributed by atoms with Crippen molar-refractivity contribution in [2.45, 2.75) is 6.92 Å². The zero-order valence-electron chi connectivity index (χ0n) is 19.0. The number of rotatable bonds is 4. The Morgan fingerprint density at radius 2 is 0.912 bits per heavy atom. The fraction of sp³-hybridized carbons (Fsp3) is 0.0303. The van der Waals surface area contributed by atoms with E-state index < -0.39 is 0 Å². The molecule has 0 aliphatic carbocycles. The minimum atomic E-state index is 0.910. The molecule has 0 atom stereocenters. The summed E-state index contributed by atoms with van der Waals surface area (Å²) in [5.74, 6) is 1.83. The van der Waals surface area contributed by atoms with E-state index in [4.69, 9.17) is 4.42 Å². The molecule has 0 aliphatic rings. The molecule has 0 bridgehead atoms. The summed E-state index contributed by atoms with van der Waals surface area (Å²) in [6.45, 7) is 2.16. The predicted octanol–water partition coefficient (Wildman–Crippen LogP) is 9.41. The minimum absolute atomic E-state index is 0.910. The van der Waals surface area contributed by atoms with Gasteiger partial charge in [-0.1, -0.05) is 127 Å². The van der Waals surface area contributed by atoms with Crippen molar-refractivity contribution < 1.29 is 4.42 Å². The van der Waals surface area contributed by atoms with Crippen LogP contribution in [0.15, 0.2) is 132 Å². The lowest BCUT2D eigenvalue weighted by Gasteiger charge is -2.12. The van der Waals surface area contributed by atoms with E-state index in [9.17, 15) is 0 Å². The zero-order valence-corrected chi connectivity index (χ0v) is 19.0. The zero-order chi connectivity index (χ0) is 22.9. The lowest BCUT2D eigenvalue weighted by Crippen LogP contribution is -1.88. The second-order valence-corrected chi connectivity index (χ2v) is 8.58. The third-order valence-electron chi connectivity index (χ3n) is 6.46. The molecule has 0 aliphatic heterocycles. The molecule has 0 unspecified atom stereocenters. The first-order chi connectivity index (χ1) is 16.8. The molecular weight excluding hydrogens is 412 g/mol. The Hall–Kier alpha value is -4.36. The van der Waals surface area contributed by atoms with Crippen LogP contribution < -0.4 is 0 Å². The first-order valence-corrected chi connectivity index (χ1v) is 11.6. The molecule has 5 aromatic carbocycles. The van der Waals surface area contributed by atoms with Crippen molar-refractivity contribution in [1.29, 1.82) is 0 Å². The average Bonchev–Trinajstić information content (AvgIpc) is 3.29. The van der Waals surface area contributed by atoms with Gasteiger partial charge in [-0.3, -0.25) is 0 Å². The fourth-order valence-corrected chi connectivity index (χ4v) is 4.85. The topological polar surface area (TPSA) is 13.1 Å². The van der Waals surface area contributed by atoms with Gasteiger partial charge >= 0.3 is 0 Å². The summed E-state index contributed by atoms with van der Waals surface area (Å²) in [5, 5.41) is 2.26. The smallest absolute Gasteiger partial charge is 0.143 e. The van der Waals surface area contributed by atoms with E-state index in [-0.39, 0.29) is 0 Å². The quantitative estimate of drug-likeness (QED) is 0.268. The highest BCUT2D eigenvalue weighted by Crippen LogP contribution is 2.45. The fourth-order valence-electron chi connectivity index (χ4n) is 4.85. The molecule has 6 aromatic rings. The van der Waals surface area contributed by atoms with Crippen LogP contribution in [-0.2, 0) is 0 Å². The second-order valence-electron chi connectivity index (χ2n) is 8.58. The van der Waals surface area contributed by atoms with E-state index in [1.165, 1.54) is 27.8 Å². The van der Waals surface area contributed by atoms with Crippen LogP contribution in [0.5, 0.6) is 0 Å². The van der Waals surface area contributed by atoms with E-state index in [1.54, 1.807) is 0 Å². The molecule has 0 N–H and O–H groups in total. The second kappa shape index (κ2) is 8.53. The molecule has 6 rings (SSSR count). The largest absolute Gasteiger partial charge is 0.455 e. The van der Waals surface area contributed by atoms with Gasteiger partial charge in [-0.2, -0.15) is 0 Å². The van der Waals surface area contributed by atoms with Gasteiger partial charge in [-0.05, 0) is 34.7 Å². The minimum Gasteiger partial charge on any atom is -0.455 e. The molecule has 1 heterocycles. The van der Waals surface area contributed by atoms with E-state index >= 15 is 0 Å².